The summed E-state index contributed by atoms with van der Waals surface area (Å²) in [4.78, 5) is 19.6. The minimum atomic E-state index is -0.117. The van der Waals surface area contributed by atoms with Crippen molar-refractivity contribution in [3.8, 4) is 23.1 Å². The molecule has 8 nitrogen and oxygen atoms in total. The molecule has 0 radical (unpaired) electrons. The van der Waals surface area contributed by atoms with Crippen LogP contribution in [0, 0.1) is 6.92 Å². The van der Waals surface area contributed by atoms with Gasteiger partial charge in [0.05, 0.1) is 23.6 Å². The van der Waals surface area contributed by atoms with Crippen molar-refractivity contribution in [1.29, 1.82) is 0 Å². The van der Waals surface area contributed by atoms with Crippen LogP contribution in [0.1, 0.15) is 16.7 Å². The third-order valence-electron chi connectivity index (χ3n) is 6.19. The maximum atomic E-state index is 13.3. The molecule has 0 amide bonds. The van der Waals surface area contributed by atoms with Gasteiger partial charge in [0, 0.05) is 18.7 Å². The van der Waals surface area contributed by atoms with Crippen LogP contribution in [-0.2, 0) is 13.2 Å². The Bertz CT molecular complexity index is 1640. The molecule has 0 fully saturated rings. The highest BCUT2D eigenvalue weighted by Gasteiger charge is 2.14. The highest BCUT2D eigenvalue weighted by Crippen LogP contribution is 2.31. The number of fused-ring (bicyclic) bond motifs is 2. The molecule has 8 heteroatoms. The molecule has 0 atom stereocenters. The zero-order valence-electron chi connectivity index (χ0n) is 22.1. The van der Waals surface area contributed by atoms with Gasteiger partial charge in [0.1, 0.15) is 30.3 Å². The van der Waals surface area contributed by atoms with Crippen LogP contribution in [-0.4, -0.2) is 42.2 Å². The van der Waals surface area contributed by atoms with Gasteiger partial charge in [-0.1, -0.05) is 24.3 Å². The highest BCUT2D eigenvalue weighted by atomic mass is 16.5. The number of pyridine rings is 1. The number of aromatic nitrogens is 1. The molecule has 0 spiro atoms. The van der Waals surface area contributed by atoms with E-state index in [9.17, 15) is 4.79 Å². The van der Waals surface area contributed by atoms with Gasteiger partial charge in [0.25, 0.3) is 0 Å². The average Bonchev–Trinajstić information content (AvgIpc) is 2.93. The van der Waals surface area contributed by atoms with Crippen molar-refractivity contribution in [2.24, 2.45) is 0 Å². The summed E-state index contributed by atoms with van der Waals surface area (Å²) < 4.78 is 23.9. The molecule has 1 N–H and O–H groups in total. The summed E-state index contributed by atoms with van der Waals surface area (Å²) in [5.74, 6) is 2.02. The fourth-order valence-electron chi connectivity index (χ4n) is 4.10. The van der Waals surface area contributed by atoms with Gasteiger partial charge in [-0.3, -0.25) is 4.79 Å². The SMILES string of the molecule is Cc1cc(OCCN(C)C)c2oc3cc(Oc4ccc(OCc5ccc(CO)cc5)nc4)ccc3c(=O)c2c1. The molecule has 0 bridgehead atoms. The van der Waals surface area contributed by atoms with Gasteiger partial charge in [-0.15, -0.1) is 0 Å². The lowest BCUT2D eigenvalue weighted by Gasteiger charge is -2.13. The van der Waals surface area contributed by atoms with Crippen LogP contribution in [0.5, 0.6) is 23.1 Å². The van der Waals surface area contributed by atoms with E-state index in [1.807, 2.05) is 62.3 Å². The van der Waals surface area contributed by atoms with Crippen LogP contribution in [0.25, 0.3) is 21.9 Å². The Labute approximate surface area is 226 Å². The lowest BCUT2D eigenvalue weighted by Crippen LogP contribution is -2.19. The summed E-state index contributed by atoms with van der Waals surface area (Å²) in [5, 5.41) is 10.1. The molecule has 0 unspecified atom stereocenters. The third kappa shape index (κ3) is 6.19. The van der Waals surface area contributed by atoms with Crippen molar-refractivity contribution in [3.05, 3.63) is 99.8 Å². The standard InChI is InChI=1S/C31H30N2O6/c1-20-14-26-30(35)25-10-8-23(16-27(25)39-31(26)28(15-20)36-13-12-33(2)3)38-24-9-11-29(32-17-24)37-19-22-6-4-21(18-34)5-7-22/h4-11,14-17,34H,12-13,18-19H2,1-3H3. The predicted molar refractivity (Wildman–Crippen MR) is 150 cm³/mol. The van der Waals surface area contributed by atoms with E-state index in [4.69, 9.17) is 23.7 Å². The van der Waals surface area contributed by atoms with Gasteiger partial charge in [0.15, 0.2) is 11.3 Å². The van der Waals surface area contributed by atoms with E-state index < -0.39 is 0 Å². The highest BCUT2D eigenvalue weighted by molar-refractivity contribution is 5.93. The van der Waals surface area contributed by atoms with Crippen LogP contribution in [0.2, 0.25) is 0 Å². The normalized spacial score (nSPS) is 11.3. The first-order valence-corrected chi connectivity index (χ1v) is 12.6. The average molecular weight is 527 g/mol. The van der Waals surface area contributed by atoms with Crippen molar-refractivity contribution < 1.29 is 23.7 Å². The van der Waals surface area contributed by atoms with E-state index in [2.05, 4.69) is 4.98 Å². The van der Waals surface area contributed by atoms with Gasteiger partial charge in [0.2, 0.25) is 11.3 Å². The summed E-state index contributed by atoms with van der Waals surface area (Å²) in [5.41, 5.74) is 3.46. The maximum absolute atomic E-state index is 13.3. The van der Waals surface area contributed by atoms with Gasteiger partial charge >= 0.3 is 0 Å². The Balaban J connectivity index is 1.34. The van der Waals surface area contributed by atoms with E-state index in [-0.39, 0.29) is 12.0 Å². The monoisotopic (exact) mass is 526 g/mol. The van der Waals surface area contributed by atoms with Gasteiger partial charge in [-0.05, 0) is 68.0 Å². The molecule has 200 valence electrons. The van der Waals surface area contributed by atoms with Crippen molar-refractivity contribution in [1.82, 2.24) is 9.88 Å². The molecule has 3 aromatic carbocycles. The molecular weight excluding hydrogens is 496 g/mol. The number of nitrogens with zero attached hydrogens (tertiary/aromatic N) is 2. The molecule has 39 heavy (non-hydrogen) atoms. The predicted octanol–water partition coefficient (Wildman–Crippen LogP) is 5.45. The Kier molecular flexibility index (Phi) is 7.76. The molecule has 2 aromatic heterocycles. The van der Waals surface area contributed by atoms with E-state index in [1.165, 1.54) is 0 Å². The van der Waals surface area contributed by atoms with Crippen LogP contribution in [0.15, 0.2) is 82.1 Å². The van der Waals surface area contributed by atoms with Crippen molar-refractivity contribution in [2.45, 2.75) is 20.1 Å². The van der Waals surface area contributed by atoms with Crippen LogP contribution < -0.4 is 19.6 Å². The Morgan fingerprint density at radius 3 is 2.38 bits per heavy atom. The Hall–Kier alpha value is -4.40. The summed E-state index contributed by atoms with van der Waals surface area (Å²) in [6, 6.07) is 19.9. The molecule has 0 aliphatic rings. The first-order valence-electron chi connectivity index (χ1n) is 12.6. The Morgan fingerprint density at radius 1 is 0.897 bits per heavy atom. The molecule has 0 aliphatic carbocycles. The molecule has 5 aromatic rings. The van der Waals surface area contributed by atoms with E-state index in [1.54, 1.807) is 36.5 Å². The number of aliphatic hydroxyl groups is 1. The topological polar surface area (TPSA) is 94.3 Å². The molecule has 2 heterocycles. The number of benzene rings is 3. The third-order valence-corrected chi connectivity index (χ3v) is 6.19. The number of hydrogen-bond donors (Lipinski definition) is 1. The van der Waals surface area contributed by atoms with E-state index in [0.29, 0.717) is 58.3 Å². The number of likely N-dealkylation sites (N-methyl/N-ethyl adjacent to an activating group) is 1. The van der Waals surface area contributed by atoms with Gasteiger partial charge in [-0.25, -0.2) is 4.98 Å². The Morgan fingerprint density at radius 2 is 1.67 bits per heavy atom. The first-order chi connectivity index (χ1) is 18.9. The van der Waals surface area contributed by atoms with Crippen molar-refractivity contribution in [2.75, 3.05) is 27.2 Å². The second-order valence-electron chi connectivity index (χ2n) is 9.58. The van der Waals surface area contributed by atoms with E-state index >= 15 is 0 Å². The zero-order chi connectivity index (χ0) is 27.4. The lowest BCUT2D eigenvalue weighted by atomic mass is 10.1. The van der Waals surface area contributed by atoms with Gasteiger partial charge in [-0.2, -0.15) is 0 Å². The number of hydrogen-bond acceptors (Lipinski definition) is 8. The summed E-state index contributed by atoms with van der Waals surface area (Å²) in [6.07, 6.45) is 1.57. The second kappa shape index (κ2) is 11.6. The lowest BCUT2D eigenvalue weighted by molar-refractivity contribution is 0.261. The zero-order valence-corrected chi connectivity index (χ0v) is 22.1. The van der Waals surface area contributed by atoms with Crippen LogP contribution in [0.3, 0.4) is 0 Å². The molecular formula is C31H30N2O6. The minimum absolute atomic E-state index is 0.0102. The maximum Gasteiger partial charge on any atom is 0.213 e. The summed E-state index contributed by atoms with van der Waals surface area (Å²) in [6.45, 7) is 3.51. The molecule has 0 aliphatic heterocycles. The number of ether oxygens (including phenoxy) is 3. The second-order valence-corrected chi connectivity index (χ2v) is 9.58. The quantitative estimate of drug-likeness (QED) is 0.240. The summed E-state index contributed by atoms with van der Waals surface area (Å²) >= 11 is 0. The molecule has 0 saturated carbocycles. The van der Waals surface area contributed by atoms with Crippen LogP contribution in [0.4, 0.5) is 0 Å². The fourth-order valence-corrected chi connectivity index (χ4v) is 4.10. The fraction of sp³-hybridized carbons (Fsp3) is 0.226. The summed E-state index contributed by atoms with van der Waals surface area (Å²) in [7, 11) is 3.95. The number of rotatable bonds is 10. The van der Waals surface area contributed by atoms with Crippen molar-refractivity contribution in [3.63, 3.8) is 0 Å². The molecule has 5 rings (SSSR count). The number of aliphatic hydroxyl groups excluding tert-OH is 1. The van der Waals surface area contributed by atoms with Crippen molar-refractivity contribution >= 4 is 21.9 Å². The largest absolute Gasteiger partial charge is 0.488 e. The smallest absolute Gasteiger partial charge is 0.213 e. The minimum Gasteiger partial charge on any atom is -0.488 e. The van der Waals surface area contributed by atoms with Crippen LogP contribution >= 0.6 is 0 Å². The van der Waals surface area contributed by atoms with E-state index in [0.717, 1.165) is 23.2 Å². The first kappa shape index (κ1) is 26.2. The van der Waals surface area contributed by atoms with Gasteiger partial charge < -0.3 is 28.6 Å². The molecule has 0 saturated heterocycles. The number of aryl methyl sites for hydroxylation is 1.